The summed E-state index contributed by atoms with van der Waals surface area (Å²) in [4.78, 5) is 35.8. The molecule has 2 aliphatic rings. The molecule has 10 nitrogen and oxygen atoms in total. The largest absolute Gasteiger partial charge is 0.454 e. The topological polar surface area (TPSA) is 121 Å². The second kappa shape index (κ2) is 11.6. The monoisotopic (exact) mass is 604 g/mol. The molecule has 0 radical (unpaired) electrons. The molecule has 0 atom stereocenters. The third kappa shape index (κ3) is 6.29. The lowest BCUT2D eigenvalue weighted by Gasteiger charge is -2.22. The fourth-order valence-corrected chi connectivity index (χ4v) is 6.25. The first-order valence-electron chi connectivity index (χ1n) is 13.9. The second-order valence-electron chi connectivity index (χ2n) is 10.6. The molecule has 6 rings (SSSR count). The van der Waals surface area contributed by atoms with Crippen LogP contribution in [0.15, 0.2) is 76.8 Å². The first kappa shape index (κ1) is 28.5. The van der Waals surface area contributed by atoms with E-state index in [4.69, 9.17) is 9.47 Å². The number of aromatic nitrogens is 3. The summed E-state index contributed by atoms with van der Waals surface area (Å²) in [6.45, 7) is 1.76. The third-order valence-corrected chi connectivity index (χ3v) is 8.82. The van der Waals surface area contributed by atoms with Gasteiger partial charge in [0.1, 0.15) is 0 Å². The number of hydrogen-bond donors (Lipinski definition) is 0. The highest BCUT2D eigenvalue weighted by Crippen LogP contribution is 2.33. The standard InChI is InChI=1S/C31H29FN4O6S/c1-20-14-26(22-16-25(32)30(38)35(18-22)17-21-9-12-27-28(15-21)42-19-41-27)34-31(33-20)43(39,40)13-5-8-29(37)36(24-10-11-24)23-6-3-2-4-7-23/h2-4,6-7,9,12,14-16,18,24H,5,8,10-11,13,17,19H2,1H3. The van der Waals surface area contributed by atoms with Gasteiger partial charge < -0.3 is 18.9 Å². The van der Waals surface area contributed by atoms with Gasteiger partial charge in [0, 0.05) is 35.6 Å². The molecule has 3 heterocycles. The van der Waals surface area contributed by atoms with Crippen LogP contribution in [0.3, 0.4) is 0 Å². The van der Waals surface area contributed by atoms with E-state index in [-0.39, 0.29) is 55.1 Å². The number of sulfone groups is 1. The van der Waals surface area contributed by atoms with Crippen LogP contribution >= 0.6 is 0 Å². The minimum atomic E-state index is -3.97. The first-order chi connectivity index (χ1) is 20.7. The van der Waals surface area contributed by atoms with E-state index in [0.29, 0.717) is 22.8 Å². The molecule has 0 unspecified atom stereocenters. The molecule has 43 heavy (non-hydrogen) atoms. The Morgan fingerprint density at radius 3 is 2.58 bits per heavy atom. The van der Waals surface area contributed by atoms with Gasteiger partial charge in [-0.3, -0.25) is 9.59 Å². The van der Waals surface area contributed by atoms with Crippen molar-refractivity contribution in [2.75, 3.05) is 17.4 Å². The molecule has 2 aromatic carbocycles. The lowest BCUT2D eigenvalue weighted by Crippen LogP contribution is -2.33. The van der Waals surface area contributed by atoms with Crippen LogP contribution in [-0.2, 0) is 21.2 Å². The molecule has 4 aromatic rings. The highest BCUT2D eigenvalue weighted by Gasteiger charge is 2.33. The summed E-state index contributed by atoms with van der Waals surface area (Å²) >= 11 is 0. The van der Waals surface area contributed by atoms with Crippen molar-refractivity contribution >= 4 is 21.4 Å². The molecule has 0 saturated heterocycles. The second-order valence-corrected chi connectivity index (χ2v) is 12.6. The number of pyridine rings is 1. The Bertz CT molecular complexity index is 1860. The Hall–Kier alpha value is -4.58. The van der Waals surface area contributed by atoms with Crippen LogP contribution in [0.5, 0.6) is 11.5 Å². The number of amides is 1. The fraction of sp³-hybridized carbons (Fsp3) is 0.290. The predicted octanol–water partition coefficient (Wildman–Crippen LogP) is 4.28. The van der Waals surface area contributed by atoms with Crippen LogP contribution in [0, 0.1) is 12.7 Å². The van der Waals surface area contributed by atoms with E-state index >= 15 is 0 Å². The van der Waals surface area contributed by atoms with Crippen molar-refractivity contribution in [2.45, 2.75) is 50.4 Å². The van der Waals surface area contributed by atoms with Crippen molar-refractivity contribution in [3.63, 3.8) is 0 Å². The first-order valence-corrected chi connectivity index (χ1v) is 15.6. The number of benzene rings is 2. The van der Waals surface area contributed by atoms with E-state index in [9.17, 15) is 22.4 Å². The van der Waals surface area contributed by atoms with E-state index in [1.54, 1.807) is 30.0 Å². The van der Waals surface area contributed by atoms with Crippen LogP contribution < -0.4 is 19.9 Å². The van der Waals surface area contributed by atoms with Crippen molar-refractivity contribution in [1.82, 2.24) is 14.5 Å². The number of aryl methyl sites for hydroxylation is 1. The summed E-state index contributed by atoms with van der Waals surface area (Å²) in [5, 5.41) is -0.411. The molecular weight excluding hydrogens is 575 g/mol. The summed E-state index contributed by atoms with van der Waals surface area (Å²) < 4.78 is 53.2. The number of fused-ring (bicyclic) bond motifs is 1. The quantitative estimate of drug-likeness (QED) is 0.246. The number of para-hydroxylation sites is 1. The summed E-state index contributed by atoms with van der Waals surface area (Å²) in [5.74, 6) is -0.342. The number of halogens is 1. The van der Waals surface area contributed by atoms with E-state index in [0.717, 1.165) is 24.6 Å². The predicted molar refractivity (Wildman–Crippen MR) is 156 cm³/mol. The Balaban J connectivity index is 1.20. The smallest absolute Gasteiger partial charge is 0.286 e. The molecular formula is C31H29FN4O6S. The molecule has 222 valence electrons. The van der Waals surface area contributed by atoms with Crippen LogP contribution in [0.1, 0.15) is 36.9 Å². The summed E-state index contributed by atoms with van der Waals surface area (Å²) in [5.41, 5.74) is 1.39. The van der Waals surface area contributed by atoms with Crippen LogP contribution in [0.25, 0.3) is 11.3 Å². The Morgan fingerprint density at radius 2 is 1.81 bits per heavy atom. The fourth-order valence-electron chi connectivity index (χ4n) is 5.03. The Morgan fingerprint density at radius 1 is 1.05 bits per heavy atom. The average Bonchev–Trinajstić information content (AvgIpc) is 3.70. The summed E-state index contributed by atoms with van der Waals surface area (Å²) in [6, 6.07) is 17.2. The zero-order valence-electron chi connectivity index (χ0n) is 23.4. The van der Waals surface area contributed by atoms with Crippen LogP contribution in [0.2, 0.25) is 0 Å². The normalized spacial score (nSPS) is 14.1. The average molecular weight is 605 g/mol. The van der Waals surface area contributed by atoms with Gasteiger partial charge in [0.15, 0.2) is 17.3 Å². The van der Waals surface area contributed by atoms with Crippen molar-refractivity contribution in [2.24, 2.45) is 0 Å². The number of anilines is 1. The number of rotatable bonds is 10. The Kier molecular flexibility index (Phi) is 7.70. The zero-order chi connectivity index (χ0) is 30.1. The SMILES string of the molecule is Cc1cc(-c2cc(F)c(=O)n(Cc3ccc4c(c3)OCO4)c2)nc(S(=O)(=O)CCCC(=O)N(c2ccccc2)C2CC2)n1. The van der Waals surface area contributed by atoms with Gasteiger partial charge in [0.25, 0.3) is 5.56 Å². The molecule has 0 bridgehead atoms. The maximum absolute atomic E-state index is 14.8. The van der Waals surface area contributed by atoms with Gasteiger partial charge in [-0.1, -0.05) is 24.3 Å². The number of carbonyl (C=O) groups is 1. The minimum Gasteiger partial charge on any atom is -0.454 e. The van der Waals surface area contributed by atoms with E-state index in [1.165, 1.54) is 16.8 Å². The van der Waals surface area contributed by atoms with E-state index in [2.05, 4.69) is 9.97 Å². The molecule has 0 spiro atoms. The van der Waals surface area contributed by atoms with Crippen molar-refractivity contribution in [3.05, 3.63) is 94.3 Å². The van der Waals surface area contributed by atoms with Crippen molar-refractivity contribution < 1.29 is 27.1 Å². The van der Waals surface area contributed by atoms with Gasteiger partial charge >= 0.3 is 0 Å². The van der Waals surface area contributed by atoms with Crippen LogP contribution in [-0.4, -0.2) is 47.4 Å². The number of hydrogen-bond acceptors (Lipinski definition) is 8. The van der Waals surface area contributed by atoms with Gasteiger partial charge in [0.05, 0.1) is 18.0 Å². The van der Waals surface area contributed by atoms with E-state index in [1.807, 2.05) is 30.3 Å². The maximum atomic E-state index is 14.8. The highest BCUT2D eigenvalue weighted by molar-refractivity contribution is 7.91. The van der Waals surface area contributed by atoms with Crippen molar-refractivity contribution in [1.29, 1.82) is 0 Å². The maximum Gasteiger partial charge on any atom is 0.286 e. The molecule has 12 heteroatoms. The number of nitrogens with zero attached hydrogens (tertiary/aromatic N) is 4. The molecule has 1 saturated carbocycles. The minimum absolute atomic E-state index is 0.0460. The van der Waals surface area contributed by atoms with Gasteiger partial charge in [-0.05, 0) is 68.1 Å². The van der Waals surface area contributed by atoms with Gasteiger partial charge in [0.2, 0.25) is 27.7 Å². The molecule has 1 aliphatic carbocycles. The lowest BCUT2D eigenvalue weighted by atomic mass is 10.1. The van der Waals surface area contributed by atoms with E-state index < -0.39 is 26.4 Å². The molecule has 1 aliphatic heterocycles. The molecule has 1 amide bonds. The lowest BCUT2D eigenvalue weighted by molar-refractivity contribution is -0.118. The molecule has 0 N–H and O–H groups in total. The zero-order valence-corrected chi connectivity index (χ0v) is 24.2. The third-order valence-electron chi connectivity index (χ3n) is 7.26. The number of ether oxygens (including phenoxy) is 2. The van der Waals surface area contributed by atoms with Gasteiger partial charge in [-0.2, -0.15) is 0 Å². The Labute approximate surface area is 247 Å². The summed E-state index contributed by atoms with van der Waals surface area (Å²) in [6.07, 6.45) is 3.42. The van der Waals surface area contributed by atoms with Crippen LogP contribution in [0.4, 0.5) is 10.1 Å². The van der Waals surface area contributed by atoms with Gasteiger partial charge in [-0.15, -0.1) is 0 Å². The van der Waals surface area contributed by atoms with Gasteiger partial charge in [-0.25, -0.2) is 22.8 Å². The summed E-state index contributed by atoms with van der Waals surface area (Å²) in [7, 11) is -3.97. The molecule has 1 fully saturated rings. The molecule has 2 aromatic heterocycles. The van der Waals surface area contributed by atoms with Crippen molar-refractivity contribution in [3.8, 4) is 22.8 Å². The highest BCUT2D eigenvalue weighted by atomic mass is 32.2. The number of carbonyl (C=O) groups excluding carboxylic acids is 1.